The van der Waals surface area contributed by atoms with Gasteiger partial charge in [-0.05, 0) is 58.7 Å². The van der Waals surface area contributed by atoms with Crippen LogP contribution in [0.5, 0.6) is 11.5 Å². The second kappa shape index (κ2) is 8.58. The Hall–Kier alpha value is -2.46. The third-order valence-corrected chi connectivity index (χ3v) is 3.79. The highest BCUT2D eigenvalue weighted by atomic mass is 79.9. The Morgan fingerprint density at radius 3 is 2.64 bits per heavy atom. The fraction of sp³-hybridized carbons (Fsp3) is 0.222. The number of benzene rings is 2. The highest BCUT2D eigenvalue weighted by Crippen LogP contribution is 2.35. The van der Waals surface area contributed by atoms with Gasteiger partial charge in [0.25, 0.3) is 6.43 Å². The van der Waals surface area contributed by atoms with Crippen LogP contribution in [0, 0.1) is 6.57 Å². The molecule has 25 heavy (non-hydrogen) atoms. The summed E-state index contributed by atoms with van der Waals surface area (Å²) in [5.41, 5.74) is 0.516. The maximum atomic E-state index is 12.9. The molecule has 0 aliphatic rings. The first kappa shape index (κ1) is 18.9. The quantitative estimate of drug-likeness (QED) is 0.444. The zero-order valence-electron chi connectivity index (χ0n) is 13.3. The van der Waals surface area contributed by atoms with Crippen molar-refractivity contribution >= 4 is 27.6 Å². The van der Waals surface area contributed by atoms with Gasteiger partial charge in [-0.25, -0.2) is 13.6 Å². The van der Waals surface area contributed by atoms with E-state index in [9.17, 15) is 13.6 Å². The molecular formula is C18H14BrF2NO3. The molecule has 0 heterocycles. The van der Waals surface area contributed by atoms with Gasteiger partial charge in [-0.1, -0.05) is 6.07 Å². The predicted molar refractivity (Wildman–Crippen MR) is 92.2 cm³/mol. The summed E-state index contributed by atoms with van der Waals surface area (Å²) in [5.74, 6) is 0.187. The van der Waals surface area contributed by atoms with Gasteiger partial charge in [-0.2, -0.15) is 0 Å². The number of carbonyl (C=O) groups excluding carboxylic acids is 1. The summed E-state index contributed by atoms with van der Waals surface area (Å²) in [4.78, 5) is 14.7. The van der Waals surface area contributed by atoms with Crippen molar-refractivity contribution in [2.75, 3.05) is 6.61 Å². The summed E-state index contributed by atoms with van der Waals surface area (Å²) >= 11 is 3.33. The zero-order valence-corrected chi connectivity index (χ0v) is 14.8. The first-order valence-electron chi connectivity index (χ1n) is 7.35. The number of rotatable bonds is 6. The molecular weight excluding hydrogens is 396 g/mol. The Labute approximate surface area is 152 Å². The number of hydrogen-bond acceptors (Lipinski definition) is 3. The van der Waals surface area contributed by atoms with Crippen LogP contribution in [0.3, 0.4) is 0 Å². The number of esters is 1. The van der Waals surface area contributed by atoms with E-state index in [-0.39, 0.29) is 29.4 Å². The summed E-state index contributed by atoms with van der Waals surface area (Å²) in [6, 6.07) is 8.70. The standard InChI is InChI=1S/C18H14BrF2NO3/c1-3-24-17(23)7-11-4-5-16(15(19)6-11)25-14-9-12(18(20)21)8-13(10-14)22-2/h4-6,8-10,18H,3,7H2,1H3. The monoisotopic (exact) mass is 409 g/mol. The van der Waals surface area contributed by atoms with Crippen LogP contribution >= 0.6 is 15.9 Å². The molecule has 2 aromatic carbocycles. The molecule has 0 fully saturated rings. The topological polar surface area (TPSA) is 39.9 Å². The fourth-order valence-electron chi connectivity index (χ4n) is 2.10. The fourth-order valence-corrected chi connectivity index (χ4v) is 2.61. The van der Waals surface area contributed by atoms with E-state index in [1.165, 1.54) is 12.1 Å². The van der Waals surface area contributed by atoms with E-state index in [2.05, 4.69) is 20.8 Å². The van der Waals surface area contributed by atoms with Crippen LogP contribution in [0.1, 0.15) is 24.5 Å². The molecule has 0 aliphatic carbocycles. The third-order valence-electron chi connectivity index (χ3n) is 3.17. The van der Waals surface area contributed by atoms with Gasteiger partial charge in [0.05, 0.1) is 24.1 Å². The molecule has 0 unspecified atom stereocenters. The molecule has 0 aliphatic heterocycles. The lowest BCUT2D eigenvalue weighted by molar-refractivity contribution is -0.142. The van der Waals surface area contributed by atoms with Crippen LogP contribution in [0.4, 0.5) is 14.5 Å². The van der Waals surface area contributed by atoms with Gasteiger partial charge in [0.1, 0.15) is 11.5 Å². The predicted octanol–water partition coefficient (Wildman–Crippen LogP) is 5.84. The van der Waals surface area contributed by atoms with Gasteiger partial charge in [0.15, 0.2) is 5.69 Å². The van der Waals surface area contributed by atoms with Crippen molar-refractivity contribution in [2.45, 2.75) is 19.8 Å². The average molecular weight is 410 g/mol. The molecule has 7 heteroatoms. The number of alkyl halides is 2. The molecule has 0 radical (unpaired) electrons. The van der Waals surface area contributed by atoms with Gasteiger partial charge >= 0.3 is 5.97 Å². The minimum atomic E-state index is -2.69. The normalized spacial score (nSPS) is 10.4. The average Bonchev–Trinajstić information content (AvgIpc) is 2.57. The molecule has 0 amide bonds. The van der Waals surface area contributed by atoms with E-state index in [4.69, 9.17) is 16.0 Å². The van der Waals surface area contributed by atoms with Crippen LogP contribution < -0.4 is 4.74 Å². The van der Waals surface area contributed by atoms with Gasteiger partial charge in [-0.15, -0.1) is 0 Å². The van der Waals surface area contributed by atoms with Crippen molar-refractivity contribution in [3.05, 3.63) is 63.4 Å². The van der Waals surface area contributed by atoms with Crippen LogP contribution in [-0.2, 0) is 16.0 Å². The first-order valence-corrected chi connectivity index (χ1v) is 8.14. The minimum absolute atomic E-state index is 0.0721. The number of hydrogen-bond donors (Lipinski definition) is 0. The molecule has 4 nitrogen and oxygen atoms in total. The molecule has 0 N–H and O–H groups in total. The number of nitrogens with zero attached hydrogens (tertiary/aromatic N) is 1. The Kier molecular flexibility index (Phi) is 6.48. The lowest BCUT2D eigenvalue weighted by atomic mass is 10.1. The van der Waals surface area contributed by atoms with Crippen LogP contribution in [0.25, 0.3) is 4.85 Å². The third kappa shape index (κ3) is 5.26. The molecule has 2 aromatic rings. The van der Waals surface area contributed by atoms with Crippen LogP contribution in [-0.4, -0.2) is 12.6 Å². The van der Waals surface area contributed by atoms with E-state index in [1.807, 2.05) is 0 Å². The maximum Gasteiger partial charge on any atom is 0.310 e. The Morgan fingerprint density at radius 2 is 2.04 bits per heavy atom. The summed E-state index contributed by atoms with van der Waals surface area (Å²) in [7, 11) is 0. The molecule has 0 aromatic heterocycles. The van der Waals surface area contributed by atoms with Gasteiger partial charge in [0.2, 0.25) is 0 Å². The summed E-state index contributed by atoms with van der Waals surface area (Å²) < 4.78 is 36.9. The van der Waals surface area contributed by atoms with Crippen LogP contribution in [0.15, 0.2) is 40.9 Å². The maximum absolute atomic E-state index is 12.9. The lowest BCUT2D eigenvalue weighted by Gasteiger charge is -2.11. The molecule has 0 bridgehead atoms. The molecule has 0 atom stereocenters. The van der Waals surface area contributed by atoms with E-state index >= 15 is 0 Å². The van der Waals surface area contributed by atoms with Gasteiger partial charge < -0.3 is 9.47 Å². The van der Waals surface area contributed by atoms with Crippen molar-refractivity contribution in [3.63, 3.8) is 0 Å². The smallest absolute Gasteiger partial charge is 0.310 e. The highest BCUT2D eigenvalue weighted by molar-refractivity contribution is 9.10. The zero-order chi connectivity index (χ0) is 18.4. The number of halogens is 3. The lowest BCUT2D eigenvalue weighted by Crippen LogP contribution is -2.07. The van der Waals surface area contributed by atoms with E-state index in [0.717, 1.165) is 11.6 Å². The van der Waals surface area contributed by atoms with Crippen molar-refractivity contribution in [1.82, 2.24) is 0 Å². The van der Waals surface area contributed by atoms with E-state index in [0.29, 0.717) is 16.8 Å². The van der Waals surface area contributed by atoms with Crippen molar-refractivity contribution < 1.29 is 23.0 Å². The van der Waals surface area contributed by atoms with Crippen molar-refractivity contribution in [1.29, 1.82) is 0 Å². The largest absolute Gasteiger partial charge is 0.466 e. The van der Waals surface area contributed by atoms with Crippen molar-refractivity contribution in [3.8, 4) is 11.5 Å². The summed E-state index contributed by atoms with van der Waals surface area (Å²) in [6.45, 7) is 9.04. The number of carbonyl (C=O) groups is 1. The SMILES string of the molecule is [C-]#[N+]c1cc(Oc2ccc(CC(=O)OCC)cc2Br)cc(C(F)F)c1. The Morgan fingerprint density at radius 1 is 1.28 bits per heavy atom. The minimum Gasteiger partial charge on any atom is -0.466 e. The molecule has 0 saturated heterocycles. The van der Waals surface area contributed by atoms with Crippen molar-refractivity contribution in [2.24, 2.45) is 0 Å². The van der Waals surface area contributed by atoms with Crippen LogP contribution in [0.2, 0.25) is 0 Å². The van der Waals surface area contributed by atoms with Gasteiger partial charge in [-0.3, -0.25) is 4.79 Å². The van der Waals surface area contributed by atoms with E-state index in [1.54, 1.807) is 25.1 Å². The Balaban J connectivity index is 2.22. The molecule has 130 valence electrons. The molecule has 0 spiro atoms. The Bertz CT molecular complexity index is 818. The first-order chi connectivity index (χ1) is 11.9. The highest BCUT2D eigenvalue weighted by Gasteiger charge is 2.13. The molecule has 2 rings (SSSR count). The molecule has 0 saturated carbocycles. The second-order valence-electron chi connectivity index (χ2n) is 5.02. The second-order valence-corrected chi connectivity index (χ2v) is 5.88. The number of ether oxygens (including phenoxy) is 2. The van der Waals surface area contributed by atoms with Gasteiger partial charge in [0, 0.05) is 5.56 Å². The van der Waals surface area contributed by atoms with E-state index < -0.39 is 6.43 Å². The summed E-state index contributed by atoms with van der Waals surface area (Å²) in [5, 5.41) is 0. The summed E-state index contributed by atoms with van der Waals surface area (Å²) in [6.07, 6.45) is -2.57.